The summed E-state index contributed by atoms with van der Waals surface area (Å²) in [6.45, 7) is 0. The second kappa shape index (κ2) is 6.78. The monoisotopic (exact) mass is 381 g/mol. The van der Waals surface area contributed by atoms with Crippen molar-refractivity contribution in [1.29, 1.82) is 0 Å². The number of hydrogen-bond donors (Lipinski definition) is 3. The maximum Gasteiger partial charge on any atom is 0.295 e. The molecular weight excluding hydrogens is 370 g/mol. The van der Waals surface area contributed by atoms with Gasteiger partial charge in [0.2, 0.25) is 5.96 Å². The third-order valence-corrected chi connectivity index (χ3v) is 6.18. The molecule has 0 aliphatic heterocycles. The van der Waals surface area contributed by atoms with Gasteiger partial charge in [0.1, 0.15) is 4.21 Å². The first kappa shape index (κ1) is 16.7. The lowest BCUT2D eigenvalue weighted by molar-refractivity contribution is 0.234. The lowest BCUT2D eigenvalue weighted by Crippen LogP contribution is -2.28. The van der Waals surface area contributed by atoms with E-state index in [1.54, 1.807) is 35.8 Å². The minimum atomic E-state index is -3.97. The molecule has 0 fully saturated rings. The first-order valence-electron chi connectivity index (χ1n) is 6.74. The molecule has 3 rings (SSSR count). The fourth-order valence-electron chi connectivity index (χ4n) is 1.99. The molecule has 0 bridgehead atoms. The van der Waals surface area contributed by atoms with Crippen LogP contribution in [0, 0.1) is 0 Å². The van der Waals surface area contributed by atoms with Crippen LogP contribution in [0.5, 0.6) is 0 Å². The van der Waals surface area contributed by atoms with Crippen molar-refractivity contribution >= 4 is 54.7 Å². The summed E-state index contributed by atoms with van der Waals surface area (Å²) in [4.78, 5) is 0. The van der Waals surface area contributed by atoms with Crippen LogP contribution in [0.15, 0.2) is 63.2 Å². The predicted octanol–water partition coefficient (Wildman–Crippen LogP) is 3.69. The summed E-state index contributed by atoms with van der Waals surface area (Å²) in [5.74, 6) is -0.310. The molecule has 3 N–H and O–H groups in total. The summed E-state index contributed by atoms with van der Waals surface area (Å²) in [6, 6.07) is 15.4. The van der Waals surface area contributed by atoms with Crippen LogP contribution in [0.2, 0.25) is 5.02 Å². The zero-order valence-electron chi connectivity index (χ0n) is 12.1. The van der Waals surface area contributed by atoms with E-state index in [0.29, 0.717) is 10.7 Å². The van der Waals surface area contributed by atoms with Gasteiger partial charge in [0, 0.05) is 15.4 Å². The van der Waals surface area contributed by atoms with Crippen LogP contribution in [-0.2, 0) is 10.0 Å². The number of guanidine groups is 1. The van der Waals surface area contributed by atoms with Gasteiger partial charge in [0.25, 0.3) is 10.0 Å². The summed E-state index contributed by atoms with van der Waals surface area (Å²) in [5, 5.41) is 13.2. The van der Waals surface area contributed by atoms with Crippen LogP contribution in [0.25, 0.3) is 10.1 Å². The highest BCUT2D eigenvalue weighted by Crippen LogP contribution is 2.29. The van der Waals surface area contributed by atoms with E-state index in [1.807, 2.05) is 24.3 Å². The van der Waals surface area contributed by atoms with E-state index in [2.05, 4.69) is 9.71 Å². The van der Waals surface area contributed by atoms with Crippen LogP contribution in [0.1, 0.15) is 0 Å². The van der Waals surface area contributed by atoms with Gasteiger partial charge in [-0.05, 0) is 41.8 Å². The van der Waals surface area contributed by atoms with Gasteiger partial charge in [-0.2, -0.15) is 8.42 Å². The van der Waals surface area contributed by atoms with E-state index in [9.17, 15) is 8.42 Å². The number of thiophene rings is 1. The standard InChI is InChI=1S/C15H12ClN3O3S2/c16-11-5-7-12(8-6-11)17-15(18-20)19-24(21,22)14-9-10-3-1-2-4-13(10)23-14/h1-9,20H,(H2,17,18,19). The molecule has 0 radical (unpaired) electrons. The maximum absolute atomic E-state index is 12.4. The molecule has 0 saturated carbocycles. The number of rotatable bonds is 3. The number of anilines is 1. The smallest absolute Gasteiger partial charge is 0.295 e. The topological polar surface area (TPSA) is 90.8 Å². The molecule has 0 unspecified atom stereocenters. The Hall–Kier alpha value is -2.13. The number of hydroxylamine groups is 1. The predicted molar refractivity (Wildman–Crippen MR) is 96.4 cm³/mol. The molecule has 9 heteroatoms. The van der Waals surface area contributed by atoms with Gasteiger partial charge in [-0.15, -0.1) is 15.7 Å². The summed E-state index contributed by atoms with van der Waals surface area (Å²) in [5.41, 5.74) is 2.28. The second-order valence-corrected chi connectivity index (χ2v) is 8.11. The van der Waals surface area contributed by atoms with Crippen molar-refractivity contribution in [2.45, 2.75) is 4.21 Å². The van der Waals surface area contributed by atoms with Crippen molar-refractivity contribution in [3.05, 3.63) is 59.6 Å². The van der Waals surface area contributed by atoms with Gasteiger partial charge in [0.05, 0.1) is 0 Å². The highest BCUT2D eigenvalue weighted by molar-refractivity contribution is 7.92. The van der Waals surface area contributed by atoms with E-state index in [4.69, 9.17) is 16.8 Å². The van der Waals surface area contributed by atoms with Crippen molar-refractivity contribution in [1.82, 2.24) is 5.48 Å². The number of hydrogen-bond acceptors (Lipinski definition) is 4. The second-order valence-electron chi connectivity index (χ2n) is 4.76. The van der Waals surface area contributed by atoms with E-state index >= 15 is 0 Å². The fourth-order valence-corrected chi connectivity index (χ4v) is 4.41. The average Bonchev–Trinajstić information content (AvgIpc) is 3.01. The third kappa shape index (κ3) is 3.68. The Labute approximate surface area is 147 Å². The molecule has 0 saturated heterocycles. The Bertz CT molecular complexity index is 965. The molecule has 1 heterocycles. The van der Waals surface area contributed by atoms with Crippen LogP contribution in [-0.4, -0.2) is 19.6 Å². The van der Waals surface area contributed by atoms with Gasteiger partial charge in [-0.1, -0.05) is 29.8 Å². The Morgan fingerprint density at radius 3 is 2.50 bits per heavy atom. The van der Waals surface area contributed by atoms with Crippen LogP contribution >= 0.6 is 22.9 Å². The Balaban J connectivity index is 1.91. The van der Waals surface area contributed by atoms with Crippen LogP contribution in [0.4, 0.5) is 5.69 Å². The van der Waals surface area contributed by atoms with Crippen molar-refractivity contribution in [3.8, 4) is 0 Å². The minimum absolute atomic E-state index is 0.0920. The first-order chi connectivity index (χ1) is 11.5. The lowest BCUT2D eigenvalue weighted by atomic mass is 10.3. The van der Waals surface area contributed by atoms with E-state index in [1.165, 1.54) is 0 Å². The lowest BCUT2D eigenvalue weighted by Gasteiger charge is -2.08. The quantitative estimate of drug-likeness (QED) is 0.365. The zero-order valence-corrected chi connectivity index (χ0v) is 14.5. The number of fused-ring (bicyclic) bond motifs is 1. The number of nitrogens with one attached hydrogen (secondary N) is 2. The van der Waals surface area contributed by atoms with Crippen molar-refractivity contribution in [2.75, 3.05) is 5.32 Å². The highest BCUT2D eigenvalue weighted by atomic mass is 35.5. The highest BCUT2D eigenvalue weighted by Gasteiger charge is 2.18. The van der Waals surface area contributed by atoms with E-state index in [0.717, 1.165) is 21.4 Å². The Morgan fingerprint density at radius 1 is 1.12 bits per heavy atom. The summed E-state index contributed by atoms with van der Waals surface area (Å²) in [6.07, 6.45) is 0. The molecule has 3 aromatic rings. The molecule has 124 valence electrons. The normalized spacial score (nSPS) is 12.3. The molecule has 0 aliphatic rings. The molecular formula is C15H12ClN3O3S2. The molecule has 24 heavy (non-hydrogen) atoms. The largest absolute Gasteiger partial charge is 0.324 e. The fraction of sp³-hybridized carbons (Fsp3) is 0. The average molecular weight is 382 g/mol. The van der Waals surface area contributed by atoms with Crippen LogP contribution < -0.4 is 10.8 Å². The molecule has 6 nitrogen and oxygen atoms in total. The number of sulfonamides is 1. The minimum Gasteiger partial charge on any atom is -0.324 e. The summed E-state index contributed by atoms with van der Waals surface area (Å²) < 4.78 is 29.4. The summed E-state index contributed by atoms with van der Waals surface area (Å²) in [7, 11) is -3.97. The summed E-state index contributed by atoms with van der Waals surface area (Å²) >= 11 is 6.90. The molecule has 0 amide bonds. The van der Waals surface area contributed by atoms with E-state index < -0.39 is 10.0 Å². The van der Waals surface area contributed by atoms with Crippen molar-refractivity contribution in [3.63, 3.8) is 0 Å². The zero-order chi connectivity index (χ0) is 17.2. The molecule has 0 spiro atoms. The molecule has 1 aromatic heterocycles. The van der Waals surface area contributed by atoms with Crippen LogP contribution in [0.3, 0.4) is 0 Å². The van der Waals surface area contributed by atoms with Crippen molar-refractivity contribution in [2.24, 2.45) is 4.40 Å². The van der Waals surface area contributed by atoms with E-state index in [-0.39, 0.29) is 10.2 Å². The van der Waals surface area contributed by atoms with Gasteiger partial charge < -0.3 is 5.32 Å². The number of halogens is 1. The number of benzene rings is 2. The maximum atomic E-state index is 12.4. The first-order valence-corrected chi connectivity index (χ1v) is 9.38. The van der Waals surface area contributed by atoms with Gasteiger partial charge >= 0.3 is 0 Å². The van der Waals surface area contributed by atoms with Crippen molar-refractivity contribution < 1.29 is 13.6 Å². The SMILES string of the molecule is O=S(=O)(N=C(NO)Nc1ccc(Cl)cc1)c1cc2ccccc2s1. The molecule has 0 atom stereocenters. The Kier molecular flexibility index (Phi) is 4.72. The van der Waals surface area contributed by atoms with Gasteiger partial charge in [-0.3, -0.25) is 5.21 Å². The van der Waals surface area contributed by atoms with Gasteiger partial charge in [0.15, 0.2) is 0 Å². The Morgan fingerprint density at radius 2 is 1.83 bits per heavy atom. The third-order valence-electron chi connectivity index (χ3n) is 3.08. The van der Waals surface area contributed by atoms with Gasteiger partial charge in [-0.25, -0.2) is 5.48 Å². The number of nitrogens with zero attached hydrogens (tertiary/aromatic N) is 1. The molecule has 0 aliphatic carbocycles. The molecule has 2 aromatic carbocycles.